The summed E-state index contributed by atoms with van der Waals surface area (Å²) in [5.74, 6) is -1.09. The first kappa shape index (κ1) is 31.5. The fraction of sp³-hybridized carbons (Fsp3) is 0.560. The van der Waals surface area contributed by atoms with Gasteiger partial charge in [0.25, 0.3) is 5.91 Å². The number of nitrogens with two attached hydrogens (primary N) is 1. The lowest BCUT2D eigenvalue weighted by atomic mass is 9.73. The van der Waals surface area contributed by atoms with Crippen LogP contribution in [0.5, 0.6) is 5.75 Å². The second kappa shape index (κ2) is 11.9. The predicted octanol–water partition coefficient (Wildman–Crippen LogP) is 3.78. The van der Waals surface area contributed by atoms with E-state index < -0.39 is 44.5 Å². The van der Waals surface area contributed by atoms with E-state index in [-0.39, 0.29) is 54.4 Å². The third-order valence-electron chi connectivity index (χ3n) is 7.35. The van der Waals surface area contributed by atoms with Crippen LogP contribution in [-0.4, -0.2) is 67.4 Å². The molecule has 3 rings (SSSR count). The Bertz CT molecular complexity index is 1370. The number of alkyl halides is 3. The molecule has 0 aliphatic heterocycles. The summed E-state index contributed by atoms with van der Waals surface area (Å²) in [5.41, 5.74) is 5.32. The first-order valence-electron chi connectivity index (χ1n) is 12.6. The molecule has 1 aromatic carbocycles. The highest BCUT2D eigenvalue weighted by molar-refractivity contribution is 7.91. The van der Waals surface area contributed by atoms with Gasteiger partial charge >= 0.3 is 6.18 Å². The summed E-state index contributed by atoms with van der Waals surface area (Å²) >= 11 is 6.62. The molecule has 1 aliphatic rings. The molecule has 0 bridgehead atoms. The number of aryl methyl sites for hydroxylation is 1. The summed E-state index contributed by atoms with van der Waals surface area (Å²) in [6.07, 6.45) is -2.39. The van der Waals surface area contributed by atoms with Crippen molar-refractivity contribution in [3.63, 3.8) is 0 Å². The number of primary amides is 1. The molecule has 15 heteroatoms. The molecule has 2 aromatic rings. The van der Waals surface area contributed by atoms with Crippen molar-refractivity contribution in [2.75, 3.05) is 25.2 Å². The number of hydrogen-bond acceptors (Lipinski definition) is 7. The molecule has 1 aromatic heterocycles. The molecule has 1 unspecified atom stereocenters. The molecule has 2 amide bonds. The maximum atomic E-state index is 13.2. The molecular formula is C25H33ClF3N5O5S. The fourth-order valence-electron chi connectivity index (χ4n) is 4.80. The number of sulfone groups is 1. The summed E-state index contributed by atoms with van der Waals surface area (Å²) in [5, 5.41) is 8.79. The third-order valence-corrected chi connectivity index (χ3v) is 9.39. The quantitative estimate of drug-likeness (QED) is 0.373. The Kier molecular flexibility index (Phi) is 9.34. The smallest absolute Gasteiger partial charge is 0.408 e. The number of nitrogens with one attached hydrogen (secondary N) is 2. The van der Waals surface area contributed by atoms with Crippen LogP contribution in [0.15, 0.2) is 18.2 Å². The Morgan fingerprint density at radius 3 is 2.42 bits per heavy atom. The minimum absolute atomic E-state index is 0.0177. The number of ether oxygens (including phenoxy) is 1. The van der Waals surface area contributed by atoms with E-state index in [1.165, 1.54) is 30.0 Å². The van der Waals surface area contributed by atoms with E-state index in [4.69, 9.17) is 22.1 Å². The molecule has 1 saturated carbocycles. The topological polar surface area (TPSA) is 145 Å². The van der Waals surface area contributed by atoms with Gasteiger partial charge in [0, 0.05) is 36.7 Å². The molecule has 10 nitrogen and oxygen atoms in total. The molecule has 0 radical (unpaired) electrons. The zero-order valence-corrected chi connectivity index (χ0v) is 24.1. The number of methoxy groups -OCH3 is 1. The van der Waals surface area contributed by atoms with Gasteiger partial charge in [0.1, 0.15) is 21.6 Å². The van der Waals surface area contributed by atoms with Gasteiger partial charge in [-0.1, -0.05) is 11.6 Å². The van der Waals surface area contributed by atoms with E-state index in [9.17, 15) is 31.2 Å². The van der Waals surface area contributed by atoms with Gasteiger partial charge in [-0.3, -0.25) is 14.3 Å². The van der Waals surface area contributed by atoms with E-state index in [1.54, 1.807) is 6.92 Å². The summed E-state index contributed by atoms with van der Waals surface area (Å²) in [6.45, 7) is 2.94. The summed E-state index contributed by atoms with van der Waals surface area (Å²) < 4.78 is 69.7. The van der Waals surface area contributed by atoms with Gasteiger partial charge in [-0.25, -0.2) is 8.42 Å². The van der Waals surface area contributed by atoms with E-state index >= 15 is 0 Å². The molecule has 1 fully saturated rings. The van der Waals surface area contributed by atoms with E-state index in [0.717, 1.165) is 13.2 Å². The average Bonchev–Trinajstić information content (AvgIpc) is 3.22. The average molecular weight is 608 g/mol. The number of anilines is 1. The number of rotatable bonds is 10. The monoisotopic (exact) mass is 607 g/mol. The van der Waals surface area contributed by atoms with Crippen LogP contribution < -0.4 is 21.1 Å². The van der Waals surface area contributed by atoms with E-state index in [0.29, 0.717) is 17.8 Å². The number of carbonyl (C=O) groups excluding carboxylic acids is 2. The van der Waals surface area contributed by atoms with Gasteiger partial charge in [0.2, 0.25) is 5.91 Å². The van der Waals surface area contributed by atoms with Crippen LogP contribution in [0.25, 0.3) is 11.3 Å². The third kappa shape index (κ3) is 6.65. The Morgan fingerprint density at radius 2 is 1.93 bits per heavy atom. The Balaban J connectivity index is 1.86. The zero-order chi connectivity index (χ0) is 30.0. The summed E-state index contributed by atoms with van der Waals surface area (Å²) in [7, 11) is -1.92. The van der Waals surface area contributed by atoms with Gasteiger partial charge in [-0.05, 0) is 51.7 Å². The Morgan fingerprint density at radius 1 is 1.30 bits per heavy atom. The summed E-state index contributed by atoms with van der Waals surface area (Å²) in [6, 6.07) is 2.55. The standard InChI is InChI=1S/C25H33ClF3N5O5S/c1-5-34-21(17-7-6-15(12-18(17)39-3)32-14(2)25(27,28)29)19(26)20(33-34)22(35)31-13-24(23(30)36)10-8-16(9-11-24)40(4,37)38/h6-7,12,14,16,32H,5,8-11,13H2,1-4H3,(H2,30,36)(H,31,35). The van der Waals surface area contributed by atoms with Gasteiger partial charge < -0.3 is 21.1 Å². The van der Waals surface area contributed by atoms with Crippen LogP contribution in [0.3, 0.4) is 0 Å². The first-order valence-corrected chi connectivity index (χ1v) is 14.9. The van der Waals surface area contributed by atoms with Crippen molar-refractivity contribution in [2.24, 2.45) is 11.1 Å². The van der Waals surface area contributed by atoms with Crippen LogP contribution in [-0.2, 0) is 21.2 Å². The number of benzene rings is 1. The van der Waals surface area contributed by atoms with Gasteiger partial charge in [0.15, 0.2) is 5.69 Å². The van der Waals surface area contributed by atoms with Crippen molar-refractivity contribution in [2.45, 2.75) is 63.5 Å². The molecular weight excluding hydrogens is 575 g/mol. The van der Waals surface area contributed by atoms with Crippen molar-refractivity contribution in [3.8, 4) is 17.0 Å². The van der Waals surface area contributed by atoms with Crippen LogP contribution in [0.4, 0.5) is 18.9 Å². The second-order valence-electron chi connectivity index (χ2n) is 10.0. The largest absolute Gasteiger partial charge is 0.496 e. The fourth-order valence-corrected chi connectivity index (χ4v) is 6.21. The number of aromatic nitrogens is 2. The van der Waals surface area contributed by atoms with E-state index in [2.05, 4.69) is 15.7 Å². The number of carbonyl (C=O) groups is 2. The molecule has 222 valence electrons. The molecule has 40 heavy (non-hydrogen) atoms. The molecule has 1 heterocycles. The predicted molar refractivity (Wildman–Crippen MR) is 145 cm³/mol. The van der Waals surface area contributed by atoms with Crippen molar-refractivity contribution in [3.05, 3.63) is 28.9 Å². The molecule has 0 spiro atoms. The van der Waals surface area contributed by atoms with Crippen LogP contribution in [0, 0.1) is 5.41 Å². The van der Waals surface area contributed by atoms with Crippen LogP contribution >= 0.6 is 11.6 Å². The van der Waals surface area contributed by atoms with Gasteiger partial charge in [-0.15, -0.1) is 0 Å². The lowest BCUT2D eigenvalue weighted by Crippen LogP contribution is -2.49. The zero-order valence-electron chi connectivity index (χ0n) is 22.6. The molecule has 0 saturated heterocycles. The summed E-state index contributed by atoms with van der Waals surface area (Å²) in [4.78, 5) is 25.5. The van der Waals surface area contributed by atoms with Crippen molar-refractivity contribution in [1.82, 2.24) is 15.1 Å². The maximum Gasteiger partial charge on any atom is 0.408 e. The molecule has 1 atom stereocenters. The van der Waals surface area contributed by atoms with Crippen LogP contribution in [0.1, 0.15) is 50.0 Å². The highest BCUT2D eigenvalue weighted by Crippen LogP contribution is 2.40. The Hall–Kier alpha value is -3.00. The normalized spacial score (nSPS) is 20.6. The minimum atomic E-state index is -4.45. The van der Waals surface area contributed by atoms with Crippen molar-refractivity contribution in [1.29, 1.82) is 0 Å². The number of hydrogen-bond donors (Lipinski definition) is 3. The van der Waals surface area contributed by atoms with Crippen LogP contribution in [0.2, 0.25) is 5.02 Å². The lowest BCUT2D eigenvalue weighted by molar-refractivity contribution is -0.138. The van der Waals surface area contributed by atoms with E-state index in [1.807, 2.05) is 0 Å². The van der Waals surface area contributed by atoms with Crippen molar-refractivity contribution < 1.29 is 35.9 Å². The maximum absolute atomic E-state index is 13.2. The SMILES string of the molecule is CCn1nc(C(=O)NCC2(C(N)=O)CCC(S(C)(=O)=O)CC2)c(Cl)c1-c1ccc(NC(C)C(F)(F)F)cc1OC. The Labute approximate surface area is 235 Å². The lowest BCUT2D eigenvalue weighted by Gasteiger charge is -2.37. The van der Waals surface area contributed by atoms with Gasteiger partial charge in [-0.2, -0.15) is 18.3 Å². The number of nitrogens with zero attached hydrogens (tertiary/aromatic N) is 2. The number of halogens is 4. The second-order valence-corrected chi connectivity index (χ2v) is 12.7. The molecule has 1 aliphatic carbocycles. The number of amides is 2. The molecule has 4 N–H and O–H groups in total. The highest BCUT2D eigenvalue weighted by atomic mass is 35.5. The van der Waals surface area contributed by atoms with Gasteiger partial charge in [0.05, 0.1) is 28.5 Å². The first-order chi connectivity index (χ1) is 18.5. The minimum Gasteiger partial charge on any atom is -0.496 e. The highest BCUT2D eigenvalue weighted by Gasteiger charge is 2.43. The van der Waals surface area contributed by atoms with Crippen molar-refractivity contribution >= 4 is 38.9 Å².